The number of non-ortho nitro benzene ring substituents is 1. The molecule has 1 atom stereocenters. The predicted octanol–water partition coefficient (Wildman–Crippen LogP) is 1.85. The number of hydrogen-bond acceptors (Lipinski definition) is 5. The molecule has 6 heteroatoms. The average molecular weight is 268 g/mol. The highest BCUT2D eigenvalue weighted by atomic mass is 16.6. The molecule has 0 heterocycles. The van der Waals surface area contributed by atoms with Crippen LogP contribution in [-0.4, -0.2) is 29.8 Å². The Morgan fingerprint density at radius 3 is 2.79 bits per heavy atom. The second kappa shape index (κ2) is 7.70. The van der Waals surface area contributed by atoms with E-state index in [1.54, 1.807) is 13.0 Å². The van der Waals surface area contributed by atoms with E-state index in [0.717, 1.165) is 24.9 Å². The maximum Gasteiger partial charge on any atom is 0.273 e. The van der Waals surface area contributed by atoms with Gasteiger partial charge in [0.25, 0.3) is 5.69 Å². The summed E-state index contributed by atoms with van der Waals surface area (Å²) < 4.78 is 5.04. The van der Waals surface area contributed by atoms with Gasteiger partial charge in [-0.2, -0.15) is 0 Å². The van der Waals surface area contributed by atoms with Crippen LogP contribution in [0.1, 0.15) is 25.3 Å². The normalized spacial score (nSPS) is 12.2. The van der Waals surface area contributed by atoms with Gasteiger partial charge in [0, 0.05) is 12.6 Å². The molecule has 1 aromatic carbocycles. The first-order valence-electron chi connectivity index (χ1n) is 6.24. The molecule has 1 rings (SSSR count). The molecule has 6 nitrogen and oxygen atoms in total. The molecule has 0 aliphatic carbocycles. The summed E-state index contributed by atoms with van der Waals surface area (Å²) in [5.41, 5.74) is 0.836. The molecule has 0 aliphatic heterocycles. The second-order valence-electron chi connectivity index (χ2n) is 4.46. The summed E-state index contributed by atoms with van der Waals surface area (Å²) in [4.78, 5) is 10.3. The van der Waals surface area contributed by atoms with Crippen molar-refractivity contribution in [1.82, 2.24) is 5.32 Å². The van der Waals surface area contributed by atoms with Crippen molar-refractivity contribution in [3.63, 3.8) is 0 Å². The highest BCUT2D eigenvalue weighted by Gasteiger charge is 2.09. The number of methoxy groups -OCH3 is 1. The zero-order valence-corrected chi connectivity index (χ0v) is 11.3. The SMILES string of the molecule is COc1cc(CNCCCC(C)O)cc([N+](=O)[O-])c1. The number of aliphatic hydroxyl groups is 1. The number of nitrogens with one attached hydrogen (secondary N) is 1. The molecule has 1 unspecified atom stereocenters. The summed E-state index contributed by atoms with van der Waals surface area (Å²) in [6.45, 7) is 3.05. The number of benzene rings is 1. The van der Waals surface area contributed by atoms with E-state index in [-0.39, 0.29) is 11.8 Å². The van der Waals surface area contributed by atoms with Gasteiger partial charge in [-0.1, -0.05) is 0 Å². The number of aliphatic hydroxyl groups excluding tert-OH is 1. The first-order valence-corrected chi connectivity index (χ1v) is 6.24. The van der Waals surface area contributed by atoms with E-state index in [9.17, 15) is 10.1 Å². The Bertz CT molecular complexity index is 421. The van der Waals surface area contributed by atoms with Gasteiger partial charge in [0.2, 0.25) is 0 Å². The lowest BCUT2D eigenvalue weighted by atomic mass is 10.1. The third kappa shape index (κ3) is 5.67. The molecule has 0 radical (unpaired) electrons. The van der Waals surface area contributed by atoms with Crippen LogP contribution in [-0.2, 0) is 6.54 Å². The van der Waals surface area contributed by atoms with Gasteiger partial charge >= 0.3 is 0 Å². The molecule has 1 aromatic rings. The lowest BCUT2D eigenvalue weighted by molar-refractivity contribution is -0.385. The predicted molar refractivity (Wildman–Crippen MR) is 72.3 cm³/mol. The summed E-state index contributed by atoms with van der Waals surface area (Å²) in [5, 5.41) is 23.1. The van der Waals surface area contributed by atoms with Crippen LogP contribution in [0.5, 0.6) is 5.75 Å². The maximum absolute atomic E-state index is 10.8. The van der Waals surface area contributed by atoms with Crippen LogP contribution < -0.4 is 10.1 Å². The van der Waals surface area contributed by atoms with E-state index < -0.39 is 4.92 Å². The highest BCUT2D eigenvalue weighted by Crippen LogP contribution is 2.22. The molecular weight excluding hydrogens is 248 g/mol. The fraction of sp³-hybridized carbons (Fsp3) is 0.538. The van der Waals surface area contributed by atoms with Crippen molar-refractivity contribution in [1.29, 1.82) is 0 Å². The van der Waals surface area contributed by atoms with Crippen LogP contribution in [0.15, 0.2) is 18.2 Å². The first kappa shape index (κ1) is 15.4. The maximum atomic E-state index is 10.8. The van der Waals surface area contributed by atoms with Crippen molar-refractivity contribution in [3.8, 4) is 5.75 Å². The Balaban J connectivity index is 2.53. The topological polar surface area (TPSA) is 84.6 Å². The Hall–Kier alpha value is -1.66. The summed E-state index contributed by atoms with van der Waals surface area (Å²) in [5.74, 6) is 0.481. The highest BCUT2D eigenvalue weighted by molar-refractivity contribution is 5.42. The Morgan fingerprint density at radius 1 is 1.47 bits per heavy atom. The Labute approximate surface area is 112 Å². The van der Waals surface area contributed by atoms with Crippen LogP contribution in [0.2, 0.25) is 0 Å². The fourth-order valence-corrected chi connectivity index (χ4v) is 1.72. The quantitative estimate of drug-likeness (QED) is 0.427. The van der Waals surface area contributed by atoms with Gasteiger partial charge < -0.3 is 15.2 Å². The Kier molecular flexibility index (Phi) is 6.24. The van der Waals surface area contributed by atoms with Gasteiger partial charge in [-0.25, -0.2) is 0 Å². The van der Waals surface area contributed by atoms with Crippen molar-refractivity contribution in [2.45, 2.75) is 32.4 Å². The van der Waals surface area contributed by atoms with E-state index >= 15 is 0 Å². The molecular formula is C13H20N2O4. The van der Waals surface area contributed by atoms with Gasteiger partial charge in [0.1, 0.15) is 5.75 Å². The van der Waals surface area contributed by atoms with E-state index in [4.69, 9.17) is 9.84 Å². The van der Waals surface area contributed by atoms with Crippen LogP contribution in [0, 0.1) is 10.1 Å². The van der Waals surface area contributed by atoms with Crippen LogP contribution in [0.4, 0.5) is 5.69 Å². The van der Waals surface area contributed by atoms with Gasteiger partial charge in [-0.05, 0) is 37.9 Å². The average Bonchev–Trinajstić information content (AvgIpc) is 2.37. The minimum absolute atomic E-state index is 0.0279. The zero-order valence-electron chi connectivity index (χ0n) is 11.3. The number of nitro groups is 1. The van der Waals surface area contributed by atoms with Crippen molar-refractivity contribution in [2.24, 2.45) is 0 Å². The van der Waals surface area contributed by atoms with Crippen molar-refractivity contribution >= 4 is 5.69 Å². The summed E-state index contributed by atoms with van der Waals surface area (Å²) in [6, 6.07) is 4.70. The van der Waals surface area contributed by atoms with E-state index in [1.807, 2.05) is 0 Å². The molecule has 0 aromatic heterocycles. The lowest BCUT2D eigenvalue weighted by Gasteiger charge is -2.08. The second-order valence-corrected chi connectivity index (χ2v) is 4.46. The third-order valence-corrected chi connectivity index (χ3v) is 2.70. The van der Waals surface area contributed by atoms with Gasteiger partial charge in [-0.15, -0.1) is 0 Å². The molecule has 0 amide bonds. The largest absolute Gasteiger partial charge is 0.496 e. The molecule has 0 bridgehead atoms. The first-order chi connectivity index (χ1) is 9.02. The third-order valence-electron chi connectivity index (χ3n) is 2.70. The summed E-state index contributed by atoms with van der Waals surface area (Å²) in [7, 11) is 1.49. The number of ether oxygens (including phenoxy) is 1. The monoisotopic (exact) mass is 268 g/mol. The lowest BCUT2D eigenvalue weighted by Crippen LogP contribution is -2.16. The van der Waals surface area contributed by atoms with E-state index in [0.29, 0.717) is 12.3 Å². The van der Waals surface area contributed by atoms with Gasteiger partial charge in [0.05, 0.1) is 24.2 Å². The molecule has 106 valence electrons. The zero-order chi connectivity index (χ0) is 14.3. The molecule has 0 saturated carbocycles. The molecule has 0 fully saturated rings. The Morgan fingerprint density at radius 2 is 2.21 bits per heavy atom. The fourth-order valence-electron chi connectivity index (χ4n) is 1.72. The number of hydrogen-bond donors (Lipinski definition) is 2. The van der Waals surface area contributed by atoms with Gasteiger partial charge in [0.15, 0.2) is 0 Å². The molecule has 0 saturated heterocycles. The number of rotatable bonds is 8. The summed E-state index contributed by atoms with van der Waals surface area (Å²) in [6.07, 6.45) is 1.31. The van der Waals surface area contributed by atoms with Crippen LogP contribution >= 0.6 is 0 Å². The molecule has 0 aliphatic rings. The molecule has 0 spiro atoms. The van der Waals surface area contributed by atoms with Gasteiger partial charge in [-0.3, -0.25) is 10.1 Å². The van der Waals surface area contributed by atoms with Crippen LogP contribution in [0.25, 0.3) is 0 Å². The van der Waals surface area contributed by atoms with E-state index in [2.05, 4.69) is 5.32 Å². The van der Waals surface area contributed by atoms with Crippen molar-refractivity contribution in [3.05, 3.63) is 33.9 Å². The van der Waals surface area contributed by atoms with Crippen molar-refractivity contribution < 1.29 is 14.8 Å². The van der Waals surface area contributed by atoms with Crippen molar-refractivity contribution in [2.75, 3.05) is 13.7 Å². The molecule has 19 heavy (non-hydrogen) atoms. The smallest absolute Gasteiger partial charge is 0.273 e. The van der Waals surface area contributed by atoms with E-state index in [1.165, 1.54) is 19.2 Å². The standard InChI is InChI=1S/C13H20N2O4/c1-10(16)4-3-5-14-9-11-6-12(15(17)18)8-13(7-11)19-2/h6-8,10,14,16H,3-5,9H2,1-2H3. The number of nitrogens with zero attached hydrogens (tertiary/aromatic N) is 1. The number of nitro benzene ring substituents is 1. The van der Waals surface area contributed by atoms with Crippen LogP contribution in [0.3, 0.4) is 0 Å². The minimum atomic E-state index is -0.431. The minimum Gasteiger partial charge on any atom is -0.496 e. The summed E-state index contributed by atoms with van der Waals surface area (Å²) >= 11 is 0. The molecule has 2 N–H and O–H groups in total.